The van der Waals surface area contributed by atoms with Crippen molar-refractivity contribution in [1.82, 2.24) is 9.55 Å². The van der Waals surface area contributed by atoms with Crippen molar-refractivity contribution in [2.75, 3.05) is 17.2 Å². The van der Waals surface area contributed by atoms with Gasteiger partial charge in [-0.3, -0.25) is 9.59 Å². The first-order valence-corrected chi connectivity index (χ1v) is 11.5. The first-order valence-electron chi connectivity index (χ1n) is 11.5. The van der Waals surface area contributed by atoms with Gasteiger partial charge in [0, 0.05) is 36.1 Å². The standard InChI is InChI=1S/C28H25N5O3/c1-3-22(34)32-20-11-7-19(8-12-20)26-24(25(27(29)35)28-30-15-16-33(26)28)18-9-13-21(14-10-18)36-23-6-4-5-17(2)31-23/h3-14,30H,1,15-16H2,2H3,(H2,29,35)(H,32,34). The third-order valence-corrected chi connectivity index (χ3v) is 5.98. The van der Waals surface area contributed by atoms with Crippen LogP contribution in [0.2, 0.25) is 0 Å². The fourth-order valence-corrected chi connectivity index (χ4v) is 4.42. The van der Waals surface area contributed by atoms with E-state index in [1.807, 2.05) is 67.6 Å². The van der Waals surface area contributed by atoms with Gasteiger partial charge in [0.1, 0.15) is 11.6 Å². The zero-order valence-electron chi connectivity index (χ0n) is 19.7. The molecule has 0 bridgehead atoms. The highest BCUT2D eigenvalue weighted by Gasteiger charge is 2.30. The number of primary amides is 1. The van der Waals surface area contributed by atoms with Crippen molar-refractivity contribution in [3.63, 3.8) is 0 Å². The number of carbonyl (C=O) groups excluding carboxylic acids is 2. The summed E-state index contributed by atoms with van der Waals surface area (Å²) in [6, 6.07) is 20.6. The second kappa shape index (κ2) is 9.42. The van der Waals surface area contributed by atoms with Gasteiger partial charge in [-0.15, -0.1) is 0 Å². The van der Waals surface area contributed by atoms with Crippen LogP contribution in [0.5, 0.6) is 11.6 Å². The Kier molecular flexibility index (Phi) is 6.00. The van der Waals surface area contributed by atoms with Crippen LogP contribution < -0.4 is 21.1 Å². The number of hydrogen-bond acceptors (Lipinski definition) is 5. The van der Waals surface area contributed by atoms with E-state index in [-0.39, 0.29) is 5.91 Å². The number of nitrogens with one attached hydrogen (secondary N) is 2. The summed E-state index contributed by atoms with van der Waals surface area (Å²) in [7, 11) is 0. The van der Waals surface area contributed by atoms with E-state index in [4.69, 9.17) is 10.5 Å². The third kappa shape index (κ3) is 4.32. The maximum absolute atomic E-state index is 12.6. The predicted octanol–water partition coefficient (Wildman–Crippen LogP) is 4.97. The van der Waals surface area contributed by atoms with Crippen molar-refractivity contribution in [2.45, 2.75) is 13.5 Å². The zero-order valence-corrected chi connectivity index (χ0v) is 19.7. The molecule has 1 aliphatic heterocycles. The lowest BCUT2D eigenvalue weighted by molar-refractivity contribution is -0.111. The summed E-state index contributed by atoms with van der Waals surface area (Å²) in [5, 5.41) is 6.06. The number of aromatic nitrogens is 2. The van der Waals surface area contributed by atoms with Gasteiger partial charge in [-0.2, -0.15) is 0 Å². The van der Waals surface area contributed by atoms with Crippen LogP contribution in [0.4, 0.5) is 11.5 Å². The van der Waals surface area contributed by atoms with Crippen LogP contribution in [0.15, 0.2) is 79.4 Å². The lowest BCUT2D eigenvalue weighted by atomic mass is 9.96. The fraction of sp³-hybridized carbons (Fsp3) is 0.107. The average molecular weight is 480 g/mol. The van der Waals surface area contributed by atoms with E-state index in [9.17, 15) is 9.59 Å². The molecule has 0 saturated carbocycles. The number of benzene rings is 2. The van der Waals surface area contributed by atoms with Crippen LogP contribution in [-0.2, 0) is 11.3 Å². The molecule has 1 aliphatic rings. The second-order valence-electron chi connectivity index (χ2n) is 8.40. The number of fused-ring (bicyclic) bond motifs is 1. The van der Waals surface area contributed by atoms with Gasteiger partial charge >= 0.3 is 0 Å². The molecule has 0 atom stereocenters. The van der Waals surface area contributed by atoms with Gasteiger partial charge in [0.15, 0.2) is 0 Å². The topological polar surface area (TPSA) is 111 Å². The lowest BCUT2D eigenvalue weighted by Crippen LogP contribution is -2.13. The van der Waals surface area contributed by atoms with Gasteiger partial charge < -0.3 is 25.7 Å². The molecule has 4 N–H and O–H groups in total. The molecule has 2 aromatic heterocycles. The molecule has 180 valence electrons. The van der Waals surface area contributed by atoms with E-state index < -0.39 is 5.91 Å². The first kappa shape index (κ1) is 22.9. The molecular formula is C28H25N5O3. The number of ether oxygens (including phenoxy) is 1. The molecule has 36 heavy (non-hydrogen) atoms. The van der Waals surface area contributed by atoms with Crippen molar-refractivity contribution in [2.24, 2.45) is 5.73 Å². The number of amides is 2. The van der Waals surface area contributed by atoms with E-state index in [0.29, 0.717) is 41.8 Å². The van der Waals surface area contributed by atoms with Crippen LogP contribution >= 0.6 is 0 Å². The fourth-order valence-electron chi connectivity index (χ4n) is 4.42. The Hall–Kier alpha value is -4.85. The summed E-state index contributed by atoms with van der Waals surface area (Å²) in [6.07, 6.45) is 1.22. The molecule has 3 heterocycles. The predicted molar refractivity (Wildman–Crippen MR) is 140 cm³/mol. The van der Waals surface area contributed by atoms with Crippen LogP contribution in [0, 0.1) is 6.92 Å². The molecule has 2 amide bonds. The summed E-state index contributed by atoms with van der Waals surface area (Å²) in [5.74, 6) is 1.06. The Morgan fingerprint density at radius 1 is 1.08 bits per heavy atom. The molecule has 0 unspecified atom stereocenters. The number of rotatable bonds is 7. The van der Waals surface area contributed by atoms with Gasteiger partial charge in [-0.1, -0.05) is 36.9 Å². The van der Waals surface area contributed by atoms with E-state index in [2.05, 4.69) is 26.8 Å². The number of aryl methyl sites for hydroxylation is 1. The zero-order chi connectivity index (χ0) is 25.2. The smallest absolute Gasteiger partial charge is 0.253 e. The molecule has 8 heteroatoms. The van der Waals surface area contributed by atoms with Gasteiger partial charge in [-0.25, -0.2) is 4.98 Å². The molecule has 0 spiro atoms. The quantitative estimate of drug-likeness (QED) is 0.324. The normalized spacial score (nSPS) is 11.9. The van der Waals surface area contributed by atoms with Crippen molar-refractivity contribution in [3.05, 3.63) is 90.6 Å². The van der Waals surface area contributed by atoms with Gasteiger partial charge in [-0.05, 0) is 54.5 Å². The Morgan fingerprint density at radius 2 is 1.81 bits per heavy atom. The Labute approximate surface area is 208 Å². The van der Waals surface area contributed by atoms with E-state index in [1.54, 1.807) is 6.07 Å². The summed E-state index contributed by atoms with van der Waals surface area (Å²) in [6.45, 7) is 6.78. The van der Waals surface area contributed by atoms with E-state index >= 15 is 0 Å². The molecule has 2 aromatic carbocycles. The first-order chi connectivity index (χ1) is 17.4. The number of pyridine rings is 1. The van der Waals surface area contributed by atoms with Crippen LogP contribution in [-0.4, -0.2) is 27.9 Å². The molecule has 4 aromatic rings. The summed E-state index contributed by atoms with van der Waals surface area (Å²) in [4.78, 5) is 28.7. The SMILES string of the molecule is C=CC(=O)Nc1ccc(-c2c(-c3ccc(Oc4cccc(C)n4)cc3)c(C(N)=O)c3n2CCN3)cc1. The number of nitrogens with two attached hydrogens (primary N) is 1. The molecule has 0 fully saturated rings. The maximum Gasteiger partial charge on any atom is 0.253 e. The molecule has 0 radical (unpaired) electrons. The number of anilines is 2. The minimum Gasteiger partial charge on any atom is -0.439 e. The average Bonchev–Trinajstić information content (AvgIpc) is 3.45. The maximum atomic E-state index is 12.6. The highest BCUT2D eigenvalue weighted by molar-refractivity contribution is 6.09. The van der Waals surface area contributed by atoms with Gasteiger partial charge in [0.05, 0.1) is 11.3 Å². The van der Waals surface area contributed by atoms with E-state index in [0.717, 1.165) is 28.1 Å². The highest BCUT2D eigenvalue weighted by atomic mass is 16.5. The van der Waals surface area contributed by atoms with Crippen molar-refractivity contribution < 1.29 is 14.3 Å². The van der Waals surface area contributed by atoms with Gasteiger partial charge in [0.25, 0.3) is 5.91 Å². The third-order valence-electron chi connectivity index (χ3n) is 5.98. The molecule has 0 saturated heterocycles. The van der Waals surface area contributed by atoms with Gasteiger partial charge in [0.2, 0.25) is 11.8 Å². The van der Waals surface area contributed by atoms with Crippen molar-refractivity contribution >= 4 is 23.3 Å². The lowest BCUT2D eigenvalue weighted by Gasteiger charge is -2.12. The van der Waals surface area contributed by atoms with Crippen molar-refractivity contribution in [1.29, 1.82) is 0 Å². The number of nitrogens with zero attached hydrogens (tertiary/aromatic N) is 2. The molecular weight excluding hydrogens is 454 g/mol. The summed E-state index contributed by atoms with van der Waals surface area (Å²) < 4.78 is 7.97. The summed E-state index contributed by atoms with van der Waals surface area (Å²) in [5.41, 5.74) is 11.2. The van der Waals surface area contributed by atoms with Crippen LogP contribution in [0.3, 0.4) is 0 Å². The molecule has 8 nitrogen and oxygen atoms in total. The Bertz CT molecular complexity index is 1470. The Balaban J connectivity index is 1.56. The monoisotopic (exact) mass is 479 g/mol. The molecule has 5 rings (SSSR count). The van der Waals surface area contributed by atoms with Crippen LogP contribution in [0.25, 0.3) is 22.4 Å². The minimum atomic E-state index is -0.506. The van der Waals surface area contributed by atoms with E-state index in [1.165, 1.54) is 6.08 Å². The minimum absolute atomic E-state index is 0.282. The number of hydrogen-bond donors (Lipinski definition) is 3. The Morgan fingerprint density at radius 3 is 2.47 bits per heavy atom. The highest BCUT2D eigenvalue weighted by Crippen LogP contribution is 2.43. The largest absolute Gasteiger partial charge is 0.439 e. The van der Waals surface area contributed by atoms with Crippen molar-refractivity contribution in [3.8, 4) is 34.0 Å². The number of carbonyl (C=O) groups is 2. The summed E-state index contributed by atoms with van der Waals surface area (Å²) >= 11 is 0. The molecule has 0 aliphatic carbocycles. The van der Waals surface area contributed by atoms with Crippen LogP contribution in [0.1, 0.15) is 16.1 Å². The second-order valence-corrected chi connectivity index (χ2v) is 8.40.